The molecule has 0 atom stereocenters. The minimum atomic E-state index is -0.571. The van der Waals surface area contributed by atoms with Crippen LogP contribution in [-0.2, 0) is 16.8 Å². The Bertz CT molecular complexity index is 609. The Balaban J connectivity index is 2.04. The number of aromatic nitrogens is 1. The molecule has 0 radical (unpaired) electrons. The van der Waals surface area contributed by atoms with Crippen LogP contribution in [0.3, 0.4) is 0 Å². The SMILES string of the molecule is COc1cc(CNC(=O)C(C)(C)c2ccccc2)ccn1. The van der Waals surface area contributed by atoms with Gasteiger partial charge in [-0.05, 0) is 31.0 Å². The first kappa shape index (κ1) is 15.0. The highest BCUT2D eigenvalue weighted by Gasteiger charge is 2.29. The summed E-state index contributed by atoms with van der Waals surface area (Å²) in [6.07, 6.45) is 1.67. The number of nitrogens with one attached hydrogen (secondary N) is 1. The molecule has 0 aliphatic rings. The van der Waals surface area contributed by atoms with Crippen molar-refractivity contribution in [2.75, 3.05) is 7.11 Å². The molecule has 0 saturated carbocycles. The van der Waals surface area contributed by atoms with Crippen LogP contribution in [0, 0.1) is 0 Å². The minimum absolute atomic E-state index is 0.00974. The van der Waals surface area contributed by atoms with Gasteiger partial charge in [0.05, 0.1) is 12.5 Å². The molecular formula is C17H20N2O2. The van der Waals surface area contributed by atoms with Crippen LogP contribution in [-0.4, -0.2) is 18.0 Å². The summed E-state index contributed by atoms with van der Waals surface area (Å²) in [5, 5.41) is 2.97. The summed E-state index contributed by atoms with van der Waals surface area (Å²) >= 11 is 0. The zero-order valence-corrected chi connectivity index (χ0v) is 12.6. The maximum atomic E-state index is 12.4. The monoisotopic (exact) mass is 284 g/mol. The van der Waals surface area contributed by atoms with Gasteiger partial charge in [0.25, 0.3) is 0 Å². The lowest BCUT2D eigenvalue weighted by Gasteiger charge is -2.24. The van der Waals surface area contributed by atoms with E-state index in [0.717, 1.165) is 11.1 Å². The summed E-state index contributed by atoms with van der Waals surface area (Å²) in [7, 11) is 1.57. The zero-order chi connectivity index (χ0) is 15.3. The molecule has 21 heavy (non-hydrogen) atoms. The van der Waals surface area contributed by atoms with Crippen molar-refractivity contribution in [2.45, 2.75) is 25.8 Å². The van der Waals surface area contributed by atoms with Crippen LogP contribution in [0.5, 0.6) is 5.88 Å². The summed E-state index contributed by atoms with van der Waals surface area (Å²) in [5.41, 5.74) is 1.38. The average Bonchev–Trinajstić information content (AvgIpc) is 2.53. The number of rotatable bonds is 5. The van der Waals surface area contributed by atoms with Crippen molar-refractivity contribution in [2.24, 2.45) is 0 Å². The summed E-state index contributed by atoms with van der Waals surface area (Å²) in [6, 6.07) is 13.4. The van der Waals surface area contributed by atoms with Gasteiger partial charge in [-0.3, -0.25) is 4.79 Å². The third kappa shape index (κ3) is 3.60. The standard InChI is InChI=1S/C17H20N2O2/c1-17(2,14-7-5-4-6-8-14)16(20)19-12-13-9-10-18-15(11-13)21-3/h4-11H,12H2,1-3H3,(H,19,20). The number of carbonyl (C=O) groups excluding carboxylic acids is 1. The van der Waals surface area contributed by atoms with Gasteiger partial charge in [0.2, 0.25) is 11.8 Å². The fourth-order valence-corrected chi connectivity index (χ4v) is 2.06. The predicted octanol–water partition coefficient (Wildman–Crippen LogP) is 2.68. The number of carbonyl (C=O) groups is 1. The quantitative estimate of drug-likeness (QED) is 0.918. The maximum absolute atomic E-state index is 12.4. The van der Waals surface area contributed by atoms with Gasteiger partial charge < -0.3 is 10.1 Å². The summed E-state index contributed by atoms with van der Waals surface area (Å²) < 4.78 is 5.07. The first-order valence-corrected chi connectivity index (χ1v) is 6.87. The molecule has 1 aromatic heterocycles. The van der Waals surface area contributed by atoms with Gasteiger partial charge in [-0.2, -0.15) is 0 Å². The molecule has 0 aliphatic heterocycles. The Labute approximate surface area is 125 Å². The molecule has 2 rings (SSSR count). The molecule has 0 spiro atoms. The number of nitrogens with zero attached hydrogens (tertiary/aromatic N) is 1. The Hall–Kier alpha value is -2.36. The number of hydrogen-bond donors (Lipinski definition) is 1. The maximum Gasteiger partial charge on any atom is 0.230 e. The van der Waals surface area contributed by atoms with E-state index in [-0.39, 0.29) is 5.91 Å². The molecule has 1 N–H and O–H groups in total. The lowest BCUT2D eigenvalue weighted by Crippen LogP contribution is -2.39. The van der Waals surface area contributed by atoms with Crippen LogP contribution < -0.4 is 10.1 Å². The number of ether oxygens (including phenoxy) is 1. The van der Waals surface area contributed by atoms with Gasteiger partial charge >= 0.3 is 0 Å². The molecule has 0 aliphatic carbocycles. The van der Waals surface area contributed by atoms with E-state index < -0.39 is 5.41 Å². The van der Waals surface area contributed by atoms with E-state index in [9.17, 15) is 4.79 Å². The second kappa shape index (κ2) is 6.39. The van der Waals surface area contributed by atoms with E-state index in [2.05, 4.69) is 10.3 Å². The van der Waals surface area contributed by atoms with Gasteiger partial charge in [-0.1, -0.05) is 30.3 Å². The molecule has 2 aromatic rings. The van der Waals surface area contributed by atoms with Crippen molar-refractivity contribution < 1.29 is 9.53 Å². The molecule has 0 saturated heterocycles. The summed E-state index contributed by atoms with van der Waals surface area (Å²) in [6.45, 7) is 4.30. The van der Waals surface area contributed by atoms with E-state index in [1.807, 2.05) is 56.3 Å². The largest absolute Gasteiger partial charge is 0.481 e. The lowest BCUT2D eigenvalue weighted by atomic mass is 9.84. The van der Waals surface area contributed by atoms with Crippen molar-refractivity contribution in [3.05, 3.63) is 59.8 Å². The number of benzene rings is 1. The Kier molecular flexibility index (Phi) is 4.58. The van der Waals surface area contributed by atoms with E-state index in [0.29, 0.717) is 12.4 Å². The predicted molar refractivity (Wildman–Crippen MR) is 82.1 cm³/mol. The number of hydrogen-bond acceptors (Lipinski definition) is 3. The number of amides is 1. The highest BCUT2D eigenvalue weighted by atomic mass is 16.5. The fourth-order valence-electron chi connectivity index (χ4n) is 2.06. The summed E-state index contributed by atoms with van der Waals surface area (Å²) in [4.78, 5) is 16.5. The van der Waals surface area contributed by atoms with Crippen molar-refractivity contribution in [1.29, 1.82) is 0 Å². The molecule has 4 nitrogen and oxygen atoms in total. The minimum Gasteiger partial charge on any atom is -0.481 e. The molecule has 1 heterocycles. The molecule has 1 aromatic carbocycles. The van der Waals surface area contributed by atoms with Gasteiger partial charge in [0.1, 0.15) is 0 Å². The van der Waals surface area contributed by atoms with Crippen molar-refractivity contribution in [3.63, 3.8) is 0 Å². The van der Waals surface area contributed by atoms with E-state index in [4.69, 9.17) is 4.74 Å². The Morgan fingerprint density at radius 1 is 1.24 bits per heavy atom. The molecule has 1 amide bonds. The van der Waals surface area contributed by atoms with E-state index >= 15 is 0 Å². The lowest BCUT2D eigenvalue weighted by molar-refractivity contribution is -0.125. The molecule has 0 fully saturated rings. The zero-order valence-electron chi connectivity index (χ0n) is 12.6. The van der Waals surface area contributed by atoms with Crippen molar-refractivity contribution in [3.8, 4) is 5.88 Å². The topological polar surface area (TPSA) is 51.2 Å². The van der Waals surface area contributed by atoms with E-state index in [1.54, 1.807) is 13.3 Å². The molecule has 4 heteroatoms. The molecule has 0 unspecified atom stereocenters. The van der Waals surface area contributed by atoms with Crippen LogP contribution in [0.1, 0.15) is 25.0 Å². The smallest absolute Gasteiger partial charge is 0.230 e. The van der Waals surface area contributed by atoms with Crippen LogP contribution in [0.25, 0.3) is 0 Å². The van der Waals surface area contributed by atoms with Crippen LogP contribution in [0.4, 0.5) is 0 Å². The third-order valence-corrected chi connectivity index (χ3v) is 3.52. The highest BCUT2D eigenvalue weighted by Crippen LogP contribution is 2.23. The fraction of sp³-hybridized carbons (Fsp3) is 0.294. The van der Waals surface area contributed by atoms with Gasteiger partial charge in [-0.15, -0.1) is 0 Å². The second-order valence-corrected chi connectivity index (χ2v) is 5.38. The third-order valence-electron chi connectivity index (χ3n) is 3.52. The average molecular weight is 284 g/mol. The highest BCUT2D eigenvalue weighted by molar-refractivity contribution is 5.87. The van der Waals surface area contributed by atoms with Crippen LogP contribution in [0.15, 0.2) is 48.7 Å². The first-order chi connectivity index (χ1) is 10.0. The van der Waals surface area contributed by atoms with Crippen LogP contribution in [0.2, 0.25) is 0 Å². The van der Waals surface area contributed by atoms with Gasteiger partial charge in [-0.25, -0.2) is 4.98 Å². The first-order valence-electron chi connectivity index (χ1n) is 6.87. The molecule has 110 valence electrons. The summed E-state index contributed by atoms with van der Waals surface area (Å²) in [5.74, 6) is 0.536. The Morgan fingerprint density at radius 3 is 2.62 bits per heavy atom. The van der Waals surface area contributed by atoms with Crippen molar-refractivity contribution in [1.82, 2.24) is 10.3 Å². The normalized spacial score (nSPS) is 11.0. The molecular weight excluding hydrogens is 264 g/mol. The second-order valence-electron chi connectivity index (χ2n) is 5.38. The molecule has 0 bridgehead atoms. The number of pyridine rings is 1. The number of methoxy groups -OCH3 is 1. The van der Waals surface area contributed by atoms with Gasteiger partial charge in [0.15, 0.2) is 0 Å². The van der Waals surface area contributed by atoms with Crippen LogP contribution >= 0.6 is 0 Å². The Morgan fingerprint density at radius 2 is 1.95 bits per heavy atom. The van der Waals surface area contributed by atoms with Crippen molar-refractivity contribution >= 4 is 5.91 Å². The van der Waals surface area contributed by atoms with E-state index in [1.165, 1.54) is 0 Å². The van der Waals surface area contributed by atoms with Gasteiger partial charge in [0, 0.05) is 18.8 Å².